The number of nitrogens with zero attached hydrogens (tertiary/aromatic N) is 3. The van der Waals surface area contributed by atoms with Crippen LogP contribution in [0.3, 0.4) is 0 Å². The van der Waals surface area contributed by atoms with E-state index in [2.05, 4.69) is 63.5 Å². The average Bonchev–Trinajstić information content (AvgIpc) is 3.48. The van der Waals surface area contributed by atoms with E-state index >= 15 is 0 Å². The Morgan fingerprint density at radius 1 is 0.941 bits per heavy atom. The summed E-state index contributed by atoms with van der Waals surface area (Å²) in [6.45, 7) is 6.46. The third-order valence-corrected chi connectivity index (χ3v) is 6.36. The molecule has 5 rings (SSSR count). The zero-order valence-corrected chi connectivity index (χ0v) is 20.2. The number of fused-ring (bicyclic) bond motifs is 1. The minimum absolute atomic E-state index is 0.470. The molecule has 0 radical (unpaired) electrons. The average molecular weight is 461 g/mol. The van der Waals surface area contributed by atoms with E-state index in [1.807, 2.05) is 18.2 Å². The molecule has 1 aliphatic rings. The predicted molar refractivity (Wildman–Crippen MR) is 135 cm³/mol. The van der Waals surface area contributed by atoms with Crippen molar-refractivity contribution in [2.45, 2.75) is 38.8 Å². The molecular formula is C26H32N6O2. The lowest BCUT2D eigenvalue weighted by molar-refractivity contribution is 0.393. The Hall–Kier alpha value is -3.52. The highest BCUT2D eigenvalue weighted by molar-refractivity contribution is 5.82. The Labute approximate surface area is 199 Å². The fourth-order valence-corrected chi connectivity index (χ4v) is 4.75. The number of nitrogens with one attached hydrogen (secondary N) is 3. The highest BCUT2D eigenvalue weighted by atomic mass is 16.5. The molecule has 34 heavy (non-hydrogen) atoms. The molecule has 2 aromatic heterocycles. The summed E-state index contributed by atoms with van der Waals surface area (Å²) in [5, 5.41) is 11.3. The van der Waals surface area contributed by atoms with Crippen LogP contribution in [0.15, 0.2) is 42.5 Å². The number of anilines is 1. The first-order valence-corrected chi connectivity index (χ1v) is 11.8. The molecule has 0 spiro atoms. The Balaban J connectivity index is 1.31. The number of piperazine rings is 1. The summed E-state index contributed by atoms with van der Waals surface area (Å²) in [5.74, 6) is 2.37. The highest BCUT2D eigenvalue weighted by Crippen LogP contribution is 2.26. The molecule has 3 N–H and O–H groups in total. The van der Waals surface area contributed by atoms with Gasteiger partial charge in [0, 0.05) is 42.6 Å². The maximum atomic E-state index is 5.38. The largest absolute Gasteiger partial charge is 0.497 e. The maximum absolute atomic E-state index is 5.38. The van der Waals surface area contributed by atoms with Gasteiger partial charge in [0.25, 0.3) is 0 Å². The van der Waals surface area contributed by atoms with Crippen molar-refractivity contribution < 1.29 is 9.47 Å². The van der Waals surface area contributed by atoms with E-state index in [0.717, 1.165) is 71.2 Å². The van der Waals surface area contributed by atoms with Gasteiger partial charge in [0.1, 0.15) is 17.2 Å². The van der Waals surface area contributed by atoms with Crippen LogP contribution in [0.4, 0.5) is 5.69 Å². The van der Waals surface area contributed by atoms with Crippen LogP contribution < -0.4 is 19.7 Å². The van der Waals surface area contributed by atoms with Gasteiger partial charge in [-0.25, -0.2) is 4.98 Å². The van der Waals surface area contributed by atoms with Gasteiger partial charge in [0.2, 0.25) is 0 Å². The van der Waals surface area contributed by atoms with E-state index in [0.29, 0.717) is 12.1 Å². The van der Waals surface area contributed by atoms with E-state index in [9.17, 15) is 0 Å². The Morgan fingerprint density at radius 2 is 1.68 bits per heavy atom. The lowest BCUT2D eigenvalue weighted by atomic mass is 10.1. The summed E-state index contributed by atoms with van der Waals surface area (Å²) >= 11 is 0. The van der Waals surface area contributed by atoms with Gasteiger partial charge in [-0.3, -0.25) is 5.10 Å². The summed E-state index contributed by atoms with van der Waals surface area (Å²) < 4.78 is 10.8. The standard InChI is InChI=1S/C26H32N6O2/c1-16-14-32(15-17(2)27-16)20-7-8-23-24(12-20)29-26(28-23)25-11-19(30-31-25)6-5-18-9-21(33-3)13-22(10-18)34-4/h7-13,16-17,27H,5-6,14-15H2,1-4H3,(H,28,29)(H,30,31)/t16-,17+. The van der Waals surface area contributed by atoms with Crippen molar-refractivity contribution in [2.24, 2.45) is 0 Å². The molecule has 178 valence electrons. The topological polar surface area (TPSA) is 91.1 Å². The molecule has 0 amide bonds. The summed E-state index contributed by atoms with van der Waals surface area (Å²) in [5.41, 5.74) is 6.23. The number of aromatic amines is 2. The molecule has 3 heterocycles. The third kappa shape index (κ3) is 4.72. The molecular weight excluding hydrogens is 428 g/mol. The van der Waals surface area contributed by atoms with Crippen LogP contribution in [-0.2, 0) is 12.8 Å². The number of methoxy groups -OCH3 is 2. The first kappa shape index (κ1) is 22.3. The van der Waals surface area contributed by atoms with E-state index < -0.39 is 0 Å². The molecule has 1 saturated heterocycles. The number of H-pyrrole nitrogens is 2. The van der Waals surface area contributed by atoms with E-state index in [1.54, 1.807) is 14.2 Å². The number of imidazole rings is 1. The first-order chi connectivity index (χ1) is 16.5. The van der Waals surface area contributed by atoms with Crippen molar-refractivity contribution >= 4 is 16.7 Å². The number of rotatable bonds is 7. The van der Waals surface area contributed by atoms with Gasteiger partial charge < -0.3 is 24.7 Å². The lowest BCUT2D eigenvalue weighted by Crippen LogP contribution is -2.54. The predicted octanol–water partition coefficient (Wildman–Crippen LogP) is 3.94. The van der Waals surface area contributed by atoms with Crippen LogP contribution in [0, 0.1) is 0 Å². The van der Waals surface area contributed by atoms with E-state index in [-0.39, 0.29) is 0 Å². The minimum atomic E-state index is 0.470. The fourth-order valence-electron chi connectivity index (χ4n) is 4.75. The van der Waals surface area contributed by atoms with Crippen LogP contribution in [0.5, 0.6) is 11.5 Å². The van der Waals surface area contributed by atoms with Crippen molar-refractivity contribution in [1.29, 1.82) is 0 Å². The van der Waals surface area contributed by atoms with Crippen LogP contribution >= 0.6 is 0 Å². The third-order valence-electron chi connectivity index (χ3n) is 6.36. The second-order valence-corrected chi connectivity index (χ2v) is 9.16. The lowest BCUT2D eigenvalue weighted by Gasteiger charge is -2.37. The monoisotopic (exact) mass is 460 g/mol. The van der Waals surface area contributed by atoms with Crippen molar-refractivity contribution in [3.8, 4) is 23.0 Å². The molecule has 1 fully saturated rings. The minimum Gasteiger partial charge on any atom is -0.497 e. The van der Waals surface area contributed by atoms with Gasteiger partial charge in [-0.2, -0.15) is 5.10 Å². The molecule has 1 aliphatic heterocycles. The van der Waals surface area contributed by atoms with Gasteiger partial charge in [-0.05, 0) is 68.7 Å². The molecule has 8 heteroatoms. The normalized spacial score (nSPS) is 18.4. The van der Waals surface area contributed by atoms with Crippen LogP contribution in [0.25, 0.3) is 22.6 Å². The number of aromatic nitrogens is 4. The quantitative estimate of drug-likeness (QED) is 0.387. The SMILES string of the molecule is COc1cc(CCc2cc(-c3nc4ccc(N5C[C@@H](C)N[C@@H](C)C5)cc4[nH]3)n[nH]2)cc(OC)c1. The molecule has 0 saturated carbocycles. The Bertz CT molecular complexity index is 1250. The summed E-state index contributed by atoms with van der Waals surface area (Å²) in [6, 6.07) is 15.4. The Kier molecular flexibility index (Phi) is 6.15. The van der Waals surface area contributed by atoms with Crippen molar-refractivity contribution in [2.75, 3.05) is 32.2 Å². The van der Waals surface area contributed by atoms with Crippen molar-refractivity contribution in [1.82, 2.24) is 25.5 Å². The number of ether oxygens (including phenoxy) is 2. The molecule has 0 aliphatic carbocycles. The van der Waals surface area contributed by atoms with Gasteiger partial charge in [-0.1, -0.05) is 0 Å². The number of hydrogen-bond acceptors (Lipinski definition) is 6. The molecule has 0 unspecified atom stereocenters. The molecule has 4 aromatic rings. The first-order valence-electron chi connectivity index (χ1n) is 11.8. The number of benzene rings is 2. The molecule has 0 bridgehead atoms. The van der Waals surface area contributed by atoms with Crippen molar-refractivity contribution in [3.05, 3.63) is 53.7 Å². The van der Waals surface area contributed by atoms with Gasteiger partial charge in [0.05, 0.1) is 25.3 Å². The van der Waals surface area contributed by atoms with Gasteiger partial charge in [0.15, 0.2) is 5.82 Å². The summed E-state index contributed by atoms with van der Waals surface area (Å²) in [4.78, 5) is 10.7. The highest BCUT2D eigenvalue weighted by Gasteiger charge is 2.21. The molecule has 8 nitrogen and oxygen atoms in total. The zero-order valence-electron chi connectivity index (χ0n) is 20.2. The van der Waals surface area contributed by atoms with Gasteiger partial charge >= 0.3 is 0 Å². The maximum Gasteiger partial charge on any atom is 0.159 e. The van der Waals surface area contributed by atoms with Crippen LogP contribution in [0.1, 0.15) is 25.1 Å². The molecule has 2 atom stereocenters. The smallest absolute Gasteiger partial charge is 0.159 e. The summed E-state index contributed by atoms with van der Waals surface area (Å²) in [6.07, 6.45) is 1.67. The Morgan fingerprint density at radius 3 is 2.38 bits per heavy atom. The van der Waals surface area contributed by atoms with Gasteiger partial charge in [-0.15, -0.1) is 0 Å². The number of aryl methyl sites for hydroxylation is 2. The fraction of sp³-hybridized carbons (Fsp3) is 0.385. The summed E-state index contributed by atoms with van der Waals surface area (Å²) in [7, 11) is 3.33. The second kappa shape index (κ2) is 9.38. The van der Waals surface area contributed by atoms with E-state index in [4.69, 9.17) is 14.5 Å². The van der Waals surface area contributed by atoms with Crippen molar-refractivity contribution in [3.63, 3.8) is 0 Å². The van der Waals surface area contributed by atoms with Crippen LogP contribution in [0.2, 0.25) is 0 Å². The van der Waals surface area contributed by atoms with E-state index in [1.165, 1.54) is 5.69 Å². The zero-order chi connectivity index (χ0) is 23.7. The molecule has 2 aromatic carbocycles. The second-order valence-electron chi connectivity index (χ2n) is 9.16. The van der Waals surface area contributed by atoms with Crippen LogP contribution in [-0.4, -0.2) is 59.6 Å². The number of hydrogen-bond donors (Lipinski definition) is 3.